The van der Waals surface area contributed by atoms with Crippen molar-refractivity contribution < 1.29 is 8.42 Å². The molecule has 1 aliphatic rings. The van der Waals surface area contributed by atoms with Crippen molar-refractivity contribution >= 4 is 21.6 Å². The highest BCUT2D eigenvalue weighted by Gasteiger charge is 2.32. The van der Waals surface area contributed by atoms with Crippen LogP contribution in [0.25, 0.3) is 0 Å². The number of rotatable bonds is 4. The van der Waals surface area contributed by atoms with Crippen molar-refractivity contribution in [1.82, 2.24) is 9.21 Å². The Bertz CT molecular complexity index is 606. The van der Waals surface area contributed by atoms with Crippen molar-refractivity contribution in [2.45, 2.75) is 31.3 Å². The summed E-state index contributed by atoms with van der Waals surface area (Å²) in [5.74, 6) is 0. The summed E-state index contributed by atoms with van der Waals surface area (Å²) in [7, 11) is -3.57. The van der Waals surface area contributed by atoms with E-state index in [-0.39, 0.29) is 16.0 Å². The molecule has 1 heterocycles. The highest BCUT2D eigenvalue weighted by molar-refractivity contribution is 7.89. The van der Waals surface area contributed by atoms with E-state index >= 15 is 0 Å². The Balaban J connectivity index is 2.31. The molecule has 7 heteroatoms. The van der Waals surface area contributed by atoms with E-state index in [4.69, 9.17) is 17.3 Å². The third-order valence-corrected chi connectivity index (χ3v) is 6.33. The molecule has 1 atom stereocenters. The summed E-state index contributed by atoms with van der Waals surface area (Å²) in [5.41, 5.74) is 6.35. The summed E-state index contributed by atoms with van der Waals surface area (Å²) in [5, 5.41) is 0.248. The van der Waals surface area contributed by atoms with Crippen LogP contribution in [0.1, 0.15) is 19.4 Å². The van der Waals surface area contributed by atoms with Crippen LogP contribution in [0.4, 0.5) is 0 Å². The van der Waals surface area contributed by atoms with E-state index in [0.717, 1.165) is 18.7 Å². The van der Waals surface area contributed by atoms with E-state index in [9.17, 15) is 8.42 Å². The normalized spacial score (nSPS) is 21.6. The Morgan fingerprint density at radius 3 is 2.67 bits per heavy atom. The van der Waals surface area contributed by atoms with Crippen LogP contribution in [0.5, 0.6) is 0 Å². The fraction of sp³-hybridized carbons (Fsp3) is 0.571. The van der Waals surface area contributed by atoms with Gasteiger partial charge in [0.05, 0.1) is 5.02 Å². The molecule has 0 aromatic heterocycles. The van der Waals surface area contributed by atoms with Crippen LogP contribution < -0.4 is 5.73 Å². The van der Waals surface area contributed by atoms with Crippen molar-refractivity contribution in [3.05, 3.63) is 28.8 Å². The van der Waals surface area contributed by atoms with Gasteiger partial charge in [0.1, 0.15) is 4.90 Å². The van der Waals surface area contributed by atoms with Gasteiger partial charge in [-0.05, 0) is 31.2 Å². The second-order valence-corrected chi connectivity index (χ2v) is 7.62. The molecule has 0 spiro atoms. The molecule has 0 bridgehead atoms. The van der Waals surface area contributed by atoms with Crippen LogP contribution in [0.3, 0.4) is 0 Å². The van der Waals surface area contributed by atoms with Crippen molar-refractivity contribution in [3.8, 4) is 0 Å². The van der Waals surface area contributed by atoms with Crippen LogP contribution in [-0.4, -0.2) is 49.8 Å². The molecule has 1 unspecified atom stereocenters. The molecule has 21 heavy (non-hydrogen) atoms. The van der Waals surface area contributed by atoms with E-state index < -0.39 is 10.0 Å². The predicted molar refractivity (Wildman–Crippen MR) is 84.8 cm³/mol. The average molecular weight is 332 g/mol. The molecule has 0 radical (unpaired) electrons. The number of benzene rings is 1. The fourth-order valence-corrected chi connectivity index (χ4v) is 4.70. The maximum atomic E-state index is 12.8. The number of sulfonamides is 1. The Morgan fingerprint density at radius 2 is 2.10 bits per heavy atom. The molecule has 2 N–H and O–H groups in total. The zero-order valence-corrected chi connectivity index (χ0v) is 14.0. The van der Waals surface area contributed by atoms with Gasteiger partial charge in [0, 0.05) is 32.2 Å². The van der Waals surface area contributed by atoms with Crippen molar-refractivity contribution in [2.75, 3.05) is 26.2 Å². The number of likely N-dealkylation sites (N-methyl/N-ethyl adjacent to an activating group) is 1. The standard InChI is InChI=1S/C14H22ClN3O2S/c1-3-17-6-7-18(10-11(17)2)21(19,20)14-8-12(9-16)4-5-13(14)15/h4-5,8,11H,3,6-7,9-10,16H2,1-2H3. The number of halogens is 1. The molecule has 1 aromatic carbocycles. The summed E-state index contributed by atoms with van der Waals surface area (Å²) in [6.45, 7) is 7.07. The molecule has 1 aliphatic heterocycles. The van der Waals surface area contributed by atoms with Gasteiger partial charge in [-0.15, -0.1) is 0 Å². The first kappa shape index (κ1) is 16.7. The number of hydrogen-bond donors (Lipinski definition) is 1. The second-order valence-electron chi connectivity index (χ2n) is 5.31. The molecule has 118 valence electrons. The minimum absolute atomic E-state index is 0.157. The van der Waals surface area contributed by atoms with Crippen LogP contribution in [-0.2, 0) is 16.6 Å². The smallest absolute Gasteiger partial charge is 0.244 e. The van der Waals surface area contributed by atoms with E-state index in [1.165, 1.54) is 4.31 Å². The number of nitrogens with zero attached hydrogens (tertiary/aromatic N) is 2. The average Bonchev–Trinajstić information content (AvgIpc) is 2.47. The Kier molecular flexibility index (Phi) is 5.27. The summed E-state index contributed by atoms with van der Waals surface area (Å²) < 4.78 is 27.1. The first-order valence-electron chi connectivity index (χ1n) is 7.12. The van der Waals surface area contributed by atoms with Gasteiger partial charge in [-0.2, -0.15) is 4.31 Å². The molecule has 2 rings (SSSR count). The number of hydrogen-bond acceptors (Lipinski definition) is 4. The SMILES string of the molecule is CCN1CCN(S(=O)(=O)c2cc(CN)ccc2Cl)CC1C. The quantitative estimate of drug-likeness (QED) is 0.908. The minimum Gasteiger partial charge on any atom is -0.326 e. The zero-order chi connectivity index (χ0) is 15.6. The summed E-state index contributed by atoms with van der Waals surface area (Å²) in [4.78, 5) is 2.42. The molecule has 0 saturated carbocycles. The first-order chi connectivity index (χ1) is 9.90. The van der Waals surface area contributed by atoms with Crippen LogP contribution in [0.15, 0.2) is 23.1 Å². The molecule has 1 aromatic rings. The van der Waals surface area contributed by atoms with Gasteiger partial charge < -0.3 is 5.73 Å². The Morgan fingerprint density at radius 1 is 1.38 bits per heavy atom. The lowest BCUT2D eigenvalue weighted by Gasteiger charge is -2.38. The van der Waals surface area contributed by atoms with Gasteiger partial charge in [0.15, 0.2) is 0 Å². The molecule has 1 fully saturated rings. The summed E-state index contributed by atoms with van der Waals surface area (Å²) in [6.07, 6.45) is 0. The molecule has 5 nitrogen and oxygen atoms in total. The first-order valence-corrected chi connectivity index (χ1v) is 8.94. The lowest BCUT2D eigenvalue weighted by molar-refractivity contribution is 0.135. The van der Waals surface area contributed by atoms with Gasteiger partial charge in [-0.1, -0.05) is 24.6 Å². The highest BCUT2D eigenvalue weighted by Crippen LogP contribution is 2.27. The lowest BCUT2D eigenvalue weighted by atomic mass is 10.2. The number of piperazine rings is 1. The van der Waals surface area contributed by atoms with E-state index in [1.807, 2.05) is 6.92 Å². The maximum Gasteiger partial charge on any atom is 0.244 e. The second kappa shape index (κ2) is 6.62. The molecular weight excluding hydrogens is 310 g/mol. The third-order valence-electron chi connectivity index (χ3n) is 3.98. The zero-order valence-electron chi connectivity index (χ0n) is 12.4. The Hall–Kier alpha value is -0.660. The van der Waals surface area contributed by atoms with Crippen molar-refractivity contribution in [2.24, 2.45) is 5.73 Å². The van der Waals surface area contributed by atoms with E-state index in [0.29, 0.717) is 19.6 Å². The monoisotopic (exact) mass is 331 g/mol. The molecule has 0 amide bonds. The van der Waals surface area contributed by atoms with Crippen LogP contribution >= 0.6 is 11.6 Å². The van der Waals surface area contributed by atoms with Crippen LogP contribution in [0, 0.1) is 0 Å². The Labute approximate surface area is 131 Å². The highest BCUT2D eigenvalue weighted by atomic mass is 35.5. The van der Waals surface area contributed by atoms with Gasteiger partial charge in [-0.3, -0.25) is 4.90 Å². The molecular formula is C14H22ClN3O2S. The summed E-state index contributed by atoms with van der Waals surface area (Å²) in [6, 6.07) is 5.13. The predicted octanol–water partition coefficient (Wildman–Crippen LogP) is 1.51. The van der Waals surface area contributed by atoms with Gasteiger partial charge in [0.2, 0.25) is 10.0 Å². The van der Waals surface area contributed by atoms with Gasteiger partial charge in [-0.25, -0.2) is 8.42 Å². The minimum atomic E-state index is -3.57. The number of nitrogens with two attached hydrogens (primary N) is 1. The molecule has 0 aliphatic carbocycles. The topological polar surface area (TPSA) is 66.6 Å². The maximum absolute atomic E-state index is 12.8. The van der Waals surface area contributed by atoms with E-state index in [1.54, 1.807) is 18.2 Å². The molecule has 1 saturated heterocycles. The van der Waals surface area contributed by atoms with Gasteiger partial charge >= 0.3 is 0 Å². The lowest BCUT2D eigenvalue weighted by Crippen LogP contribution is -2.53. The van der Waals surface area contributed by atoms with Crippen molar-refractivity contribution in [1.29, 1.82) is 0 Å². The van der Waals surface area contributed by atoms with E-state index in [2.05, 4.69) is 11.8 Å². The third kappa shape index (κ3) is 3.40. The van der Waals surface area contributed by atoms with Gasteiger partial charge in [0.25, 0.3) is 0 Å². The fourth-order valence-electron chi connectivity index (χ4n) is 2.66. The largest absolute Gasteiger partial charge is 0.326 e. The van der Waals surface area contributed by atoms with Crippen LogP contribution in [0.2, 0.25) is 5.02 Å². The summed E-state index contributed by atoms with van der Waals surface area (Å²) >= 11 is 6.09. The van der Waals surface area contributed by atoms with Crippen molar-refractivity contribution in [3.63, 3.8) is 0 Å².